The number of hydrogen-bond acceptors (Lipinski definition) is 4. The highest BCUT2D eigenvalue weighted by Crippen LogP contribution is 2.37. The van der Waals surface area contributed by atoms with Gasteiger partial charge in [-0.1, -0.05) is 61.0 Å². The summed E-state index contributed by atoms with van der Waals surface area (Å²) in [4.78, 5) is 41.0. The molecule has 190 valence electrons. The van der Waals surface area contributed by atoms with E-state index in [1.807, 2.05) is 37.3 Å². The Morgan fingerprint density at radius 2 is 1.73 bits per heavy atom. The van der Waals surface area contributed by atoms with Crippen LogP contribution in [0.15, 0.2) is 84.4 Å². The van der Waals surface area contributed by atoms with Gasteiger partial charge in [0, 0.05) is 22.8 Å². The Labute approximate surface area is 221 Å². The zero-order valence-electron chi connectivity index (χ0n) is 20.7. The van der Waals surface area contributed by atoms with Gasteiger partial charge in [0.05, 0.1) is 23.9 Å². The van der Waals surface area contributed by atoms with Gasteiger partial charge in [0.25, 0.3) is 5.91 Å². The molecule has 1 aliphatic rings. The molecule has 4 rings (SSSR count). The zero-order chi connectivity index (χ0) is 26.4. The van der Waals surface area contributed by atoms with E-state index in [1.54, 1.807) is 60.4 Å². The van der Waals surface area contributed by atoms with Crippen LogP contribution in [0.25, 0.3) is 5.70 Å². The van der Waals surface area contributed by atoms with Crippen LogP contribution in [-0.2, 0) is 9.53 Å². The smallest absolute Gasteiger partial charge is 0.338 e. The fraction of sp³-hybridized carbons (Fsp3) is 0.207. The van der Waals surface area contributed by atoms with Crippen LogP contribution >= 0.6 is 11.6 Å². The molecule has 0 aliphatic carbocycles. The molecule has 0 saturated carbocycles. The van der Waals surface area contributed by atoms with Crippen molar-refractivity contribution in [3.8, 4) is 0 Å². The fourth-order valence-corrected chi connectivity index (χ4v) is 4.40. The van der Waals surface area contributed by atoms with Crippen molar-refractivity contribution in [1.82, 2.24) is 10.2 Å². The van der Waals surface area contributed by atoms with Crippen molar-refractivity contribution >= 4 is 40.9 Å². The summed E-state index contributed by atoms with van der Waals surface area (Å²) >= 11 is 5.93. The number of hydrogen-bond donors (Lipinski definition) is 2. The minimum atomic E-state index is -0.776. The van der Waals surface area contributed by atoms with Gasteiger partial charge < -0.3 is 15.4 Å². The van der Waals surface area contributed by atoms with Crippen molar-refractivity contribution in [2.45, 2.75) is 26.3 Å². The number of carbonyl (C=O) groups excluding carboxylic acids is 3. The summed E-state index contributed by atoms with van der Waals surface area (Å²) in [6.45, 7) is 4.34. The first kappa shape index (κ1) is 26.0. The summed E-state index contributed by atoms with van der Waals surface area (Å²) in [7, 11) is 0. The van der Waals surface area contributed by atoms with Crippen LogP contribution in [0.2, 0.25) is 5.02 Å². The van der Waals surface area contributed by atoms with Gasteiger partial charge in [0.15, 0.2) is 0 Å². The molecule has 0 saturated heterocycles. The molecule has 1 unspecified atom stereocenters. The number of esters is 1. The van der Waals surface area contributed by atoms with E-state index in [2.05, 4.69) is 10.6 Å². The van der Waals surface area contributed by atoms with Crippen molar-refractivity contribution < 1.29 is 19.1 Å². The lowest BCUT2D eigenvalue weighted by Gasteiger charge is -2.37. The third-order valence-corrected chi connectivity index (χ3v) is 6.15. The van der Waals surface area contributed by atoms with Gasteiger partial charge in [0.1, 0.15) is 0 Å². The average Bonchev–Trinajstić information content (AvgIpc) is 2.90. The lowest BCUT2D eigenvalue weighted by atomic mass is 9.91. The number of nitrogens with zero attached hydrogens (tertiary/aromatic N) is 1. The molecule has 8 heteroatoms. The normalized spacial score (nSPS) is 15.3. The number of carbonyl (C=O) groups is 3. The Bertz CT molecular complexity index is 1320. The van der Waals surface area contributed by atoms with Crippen LogP contribution in [0, 0.1) is 0 Å². The SMILES string of the molecule is CCCN1C(=O)NC(c2cccc(NC(=O)c3ccc(Cl)cc3)c2)C(C(=O)OCC)=C1c1ccccc1. The molecule has 0 radical (unpaired) electrons. The van der Waals surface area contributed by atoms with Gasteiger partial charge in [-0.3, -0.25) is 9.69 Å². The minimum absolute atomic E-state index is 0.191. The van der Waals surface area contributed by atoms with E-state index in [4.69, 9.17) is 16.3 Å². The minimum Gasteiger partial charge on any atom is -0.463 e. The van der Waals surface area contributed by atoms with E-state index in [-0.39, 0.29) is 18.5 Å². The Hall–Kier alpha value is -4.10. The maximum absolute atomic E-state index is 13.4. The predicted octanol–water partition coefficient (Wildman–Crippen LogP) is 6.04. The van der Waals surface area contributed by atoms with E-state index < -0.39 is 12.0 Å². The summed E-state index contributed by atoms with van der Waals surface area (Å²) in [5, 5.41) is 6.39. The zero-order valence-corrected chi connectivity index (χ0v) is 21.4. The highest BCUT2D eigenvalue weighted by Gasteiger charge is 2.38. The lowest BCUT2D eigenvalue weighted by molar-refractivity contribution is -0.138. The Morgan fingerprint density at radius 3 is 2.41 bits per heavy atom. The Balaban J connectivity index is 1.78. The van der Waals surface area contributed by atoms with Crippen LogP contribution in [-0.4, -0.2) is 36.0 Å². The standard InChI is InChI=1S/C29H28ClN3O4/c1-3-17-33-26(19-9-6-5-7-10-19)24(28(35)37-4-2)25(32-29(33)36)21-11-8-12-23(18-21)31-27(34)20-13-15-22(30)16-14-20/h5-16,18,25H,3-4,17H2,1-2H3,(H,31,34)(H,32,36). The van der Waals surface area contributed by atoms with E-state index in [9.17, 15) is 14.4 Å². The molecule has 0 bridgehead atoms. The predicted molar refractivity (Wildman–Crippen MR) is 144 cm³/mol. The summed E-state index contributed by atoms with van der Waals surface area (Å²) in [5.41, 5.74) is 3.20. The molecular weight excluding hydrogens is 490 g/mol. The van der Waals surface area contributed by atoms with Gasteiger partial charge in [-0.2, -0.15) is 0 Å². The topological polar surface area (TPSA) is 87.7 Å². The number of rotatable bonds is 8. The van der Waals surface area contributed by atoms with Crippen LogP contribution in [0.5, 0.6) is 0 Å². The van der Waals surface area contributed by atoms with E-state index in [0.717, 1.165) is 5.56 Å². The molecule has 0 spiro atoms. The second kappa shape index (κ2) is 11.8. The van der Waals surface area contributed by atoms with Crippen LogP contribution < -0.4 is 10.6 Å². The highest BCUT2D eigenvalue weighted by molar-refractivity contribution is 6.30. The summed E-state index contributed by atoms with van der Waals surface area (Å²) in [6, 6.07) is 21.9. The van der Waals surface area contributed by atoms with Crippen LogP contribution in [0.3, 0.4) is 0 Å². The molecular formula is C29H28ClN3O4. The molecule has 0 fully saturated rings. The van der Waals surface area contributed by atoms with Crippen molar-refractivity contribution in [2.24, 2.45) is 0 Å². The van der Waals surface area contributed by atoms with Crippen molar-refractivity contribution in [3.63, 3.8) is 0 Å². The average molecular weight is 518 g/mol. The largest absolute Gasteiger partial charge is 0.463 e. The number of benzene rings is 3. The first-order chi connectivity index (χ1) is 17.9. The van der Waals surface area contributed by atoms with Gasteiger partial charge >= 0.3 is 12.0 Å². The van der Waals surface area contributed by atoms with E-state index in [0.29, 0.717) is 46.1 Å². The van der Waals surface area contributed by atoms with E-state index in [1.165, 1.54) is 0 Å². The third-order valence-electron chi connectivity index (χ3n) is 5.90. The first-order valence-electron chi connectivity index (χ1n) is 12.1. The van der Waals surface area contributed by atoms with Crippen LogP contribution in [0.4, 0.5) is 10.5 Å². The molecule has 3 aromatic carbocycles. The fourth-order valence-electron chi connectivity index (χ4n) is 4.28. The molecule has 3 aromatic rings. The number of amides is 3. The summed E-state index contributed by atoms with van der Waals surface area (Å²) in [5.74, 6) is -0.815. The van der Waals surface area contributed by atoms with Gasteiger partial charge in [-0.25, -0.2) is 9.59 Å². The van der Waals surface area contributed by atoms with Crippen molar-refractivity contribution in [3.05, 3.63) is 106 Å². The molecule has 7 nitrogen and oxygen atoms in total. The molecule has 3 amide bonds. The van der Waals surface area contributed by atoms with Crippen molar-refractivity contribution in [2.75, 3.05) is 18.5 Å². The molecule has 1 heterocycles. The number of anilines is 1. The molecule has 37 heavy (non-hydrogen) atoms. The maximum atomic E-state index is 13.4. The van der Waals surface area contributed by atoms with E-state index >= 15 is 0 Å². The number of halogens is 1. The Morgan fingerprint density at radius 1 is 1.00 bits per heavy atom. The third kappa shape index (κ3) is 5.84. The van der Waals surface area contributed by atoms with Gasteiger partial charge in [0.2, 0.25) is 0 Å². The monoisotopic (exact) mass is 517 g/mol. The second-order valence-electron chi connectivity index (χ2n) is 8.47. The molecule has 0 aromatic heterocycles. The lowest BCUT2D eigenvalue weighted by Crippen LogP contribution is -2.48. The first-order valence-corrected chi connectivity index (χ1v) is 12.5. The quantitative estimate of drug-likeness (QED) is 0.356. The van der Waals surface area contributed by atoms with Crippen LogP contribution in [0.1, 0.15) is 47.8 Å². The number of urea groups is 1. The molecule has 2 N–H and O–H groups in total. The maximum Gasteiger partial charge on any atom is 0.338 e. The molecule has 1 atom stereocenters. The van der Waals surface area contributed by atoms with Gasteiger partial charge in [-0.15, -0.1) is 0 Å². The summed E-state index contributed by atoms with van der Waals surface area (Å²) in [6.07, 6.45) is 0.705. The van der Waals surface area contributed by atoms with Gasteiger partial charge in [-0.05, 0) is 60.9 Å². The Kier molecular flexibility index (Phi) is 8.25. The van der Waals surface area contributed by atoms with Crippen molar-refractivity contribution in [1.29, 1.82) is 0 Å². The number of nitrogens with one attached hydrogen (secondary N) is 2. The molecule has 1 aliphatic heterocycles. The number of ether oxygens (including phenoxy) is 1. The summed E-state index contributed by atoms with van der Waals surface area (Å²) < 4.78 is 5.45. The highest BCUT2D eigenvalue weighted by atomic mass is 35.5. The second-order valence-corrected chi connectivity index (χ2v) is 8.91.